The number of nitrogens with one attached hydrogen (secondary N) is 1. The van der Waals surface area contributed by atoms with Crippen molar-refractivity contribution in [3.05, 3.63) is 69.1 Å². The first-order chi connectivity index (χ1) is 13.4. The van der Waals surface area contributed by atoms with Crippen LogP contribution in [0.15, 0.2) is 41.2 Å². The molecule has 0 fully saturated rings. The maximum absolute atomic E-state index is 13.0. The molecule has 0 amide bonds. The van der Waals surface area contributed by atoms with Crippen LogP contribution in [-0.4, -0.2) is 27.7 Å². The average molecular weight is 393 g/mol. The van der Waals surface area contributed by atoms with Gasteiger partial charge in [0.2, 0.25) is 5.78 Å². The summed E-state index contributed by atoms with van der Waals surface area (Å²) in [7, 11) is 3.23. The minimum Gasteiger partial charge on any atom is -0.497 e. The van der Waals surface area contributed by atoms with Crippen LogP contribution < -0.4 is 10.3 Å². The van der Waals surface area contributed by atoms with Crippen LogP contribution >= 0.6 is 11.3 Å². The van der Waals surface area contributed by atoms with Crippen LogP contribution in [0.3, 0.4) is 0 Å². The van der Waals surface area contributed by atoms with E-state index in [1.807, 2.05) is 37.3 Å². The molecule has 4 rings (SSSR count). The first-order valence-corrected chi connectivity index (χ1v) is 9.57. The highest BCUT2D eigenvalue weighted by Crippen LogP contribution is 2.34. The number of aryl methyl sites for hydroxylation is 3. The molecule has 4 aromatic rings. The van der Waals surface area contributed by atoms with Crippen molar-refractivity contribution >= 4 is 27.3 Å². The number of nitrogens with zero attached hydrogens (tertiary/aromatic N) is 2. The van der Waals surface area contributed by atoms with Crippen LogP contribution in [0.25, 0.3) is 20.8 Å². The largest absolute Gasteiger partial charge is 0.497 e. The lowest BCUT2D eigenvalue weighted by molar-refractivity contribution is 0.103. The Balaban J connectivity index is 1.80. The fourth-order valence-corrected chi connectivity index (χ4v) is 4.35. The van der Waals surface area contributed by atoms with Gasteiger partial charge in [0.05, 0.1) is 17.3 Å². The van der Waals surface area contributed by atoms with Crippen molar-refractivity contribution in [3.63, 3.8) is 0 Å². The second-order valence-corrected chi connectivity index (χ2v) is 7.67. The van der Waals surface area contributed by atoms with E-state index in [1.165, 1.54) is 4.68 Å². The Morgan fingerprint density at radius 1 is 1.14 bits per heavy atom. The molecule has 0 aliphatic carbocycles. The number of hydrogen-bond acceptors (Lipinski definition) is 5. The number of benzene rings is 2. The number of ketones is 1. The summed E-state index contributed by atoms with van der Waals surface area (Å²) in [4.78, 5) is 30.1. The van der Waals surface area contributed by atoms with Crippen molar-refractivity contribution in [2.45, 2.75) is 13.8 Å². The number of hydrogen-bond donors (Lipinski definition) is 1. The van der Waals surface area contributed by atoms with Crippen molar-refractivity contribution in [3.8, 4) is 16.3 Å². The molecule has 2 heterocycles. The van der Waals surface area contributed by atoms with Gasteiger partial charge in [0.25, 0.3) is 5.56 Å². The molecule has 0 radical (unpaired) electrons. The van der Waals surface area contributed by atoms with Gasteiger partial charge in [0.1, 0.15) is 16.3 Å². The first kappa shape index (κ1) is 18.2. The van der Waals surface area contributed by atoms with E-state index in [1.54, 1.807) is 38.5 Å². The van der Waals surface area contributed by atoms with E-state index >= 15 is 0 Å². The summed E-state index contributed by atoms with van der Waals surface area (Å²) in [6.45, 7) is 3.60. The maximum atomic E-state index is 13.0. The van der Waals surface area contributed by atoms with Crippen LogP contribution in [0, 0.1) is 13.8 Å². The van der Waals surface area contributed by atoms with Gasteiger partial charge in [-0.3, -0.25) is 19.4 Å². The van der Waals surface area contributed by atoms with Crippen LogP contribution in [0.4, 0.5) is 0 Å². The predicted octanol–water partition coefficient (Wildman–Crippen LogP) is 3.85. The summed E-state index contributed by atoms with van der Waals surface area (Å²) in [6, 6.07) is 11.4. The predicted molar refractivity (Wildman–Crippen MR) is 111 cm³/mol. The molecule has 0 saturated carbocycles. The molecule has 7 heteroatoms. The SMILES string of the molecule is COc1ccc(-c2nc3c(C)c(C(=O)c4c(C)[nH]n(C)c4=O)ccc3s2)cc1. The highest BCUT2D eigenvalue weighted by atomic mass is 32.1. The van der Waals surface area contributed by atoms with Crippen molar-refractivity contribution in [2.24, 2.45) is 7.05 Å². The van der Waals surface area contributed by atoms with Crippen molar-refractivity contribution < 1.29 is 9.53 Å². The lowest BCUT2D eigenvalue weighted by Gasteiger charge is -2.04. The molecule has 0 unspecified atom stereocenters. The summed E-state index contributed by atoms with van der Waals surface area (Å²) >= 11 is 1.57. The molecular formula is C21H19N3O3S. The third kappa shape index (κ3) is 2.84. The Morgan fingerprint density at radius 3 is 2.46 bits per heavy atom. The number of fused-ring (bicyclic) bond motifs is 1. The molecule has 142 valence electrons. The van der Waals surface area contributed by atoms with Gasteiger partial charge in [-0.1, -0.05) is 0 Å². The number of carbonyl (C=O) groups excluding carboxylic acids is 1. The summed E-state index contributed by atoms with van der Waals surface area (Å²) in [6.07, 6.45) is 0. The Kier molecular flexibility index (Phi) is 4.39. The number of aromatic nitrogens is 3. The number of thiazole rings is 1. The van der Waals surface area contributed by atoms with Crippen molar-refractivity contribution in [2.75, 3.05) is 7.11 Å². The summed E-state index contributed by atoms with van der Waals surface area (Å²) < 4.78 is 7.52. The molecule has 6 nitrogen and oxygen atoms in total. The third-order valence-electron chi connectivity index (χ3n) is 4.85. The van der Waals surface area contributed by atoms with E-state index in [0.717, 1.165) is 32.1 Å². The minimum atomic E-state index is -0.320. The smallest absolute Gasteiger partial charge is 0.277 e. The molecular weight excluding hydrogens is 374 g/mol. The van der Waals surface area contributed by atoms with Gasteiger partial charge < -0.3 is 4.74 Å². The molecule has 0 spiro atoms. The Labute approximate surface area is 165 Å². The second kappa shape index (κ2) is 6.76. The van der Waals surface area contributed by atoms with Crippen LogP contribution in [0.1, 0.15) is 27.2 Å². The zero-order valence-electron chi connectivity index (χ0n) is 16.0. The van der Waals surface area contributed by atoms with Gasteiger partial charge in [0, 0.05) is 23.9 Å². The lowest BCUT2D eigenvalue weighted by atomic mass is 9.99. The summed E-state index contributed by atoms with van der Waals surface area (Å²) in [5.41, 5.74) is 3.47. The second-order valence-electron chi connectivity index (χ2n) is 6.64. The molecule has 2 aromatic carbocycles. The fraction of sp³-hybridized carbons (Fsp3) is 0.190. The number of carbonyl (C=O) groups is 1. The Hall–Kier alpha value is -3.19. The van der Waals surface area contributed by atoms with Gasteiger partial charge in [-0.05, 0) is 55.8 Å². The molecule has 0 atom stereocenters. The van der Waals surface area contributed by atoms with E-state index in [-0.39, 0.29) is 16.9 Å². The normalized spacial score (nSPS) is 11.1. The quantitative estimate of drug-likeness (QED) is 0.534. The summed E-state index contributed by atoms with van der Waals surface area (Å²) in [5, 5.41) is 3.75. The average Bonchev–Trinajstić information content (AvgIpc) is 3.23. The minimum absolute atomic E-state index is 0.176. The molecule has 0 aliphatic rings. The fourth-order valence-electron chi connectivity index (χ4n) is 3.32. The van der Waals surface area contributed by atoms with E-state index in [9.17, 15) is 9.59 Å². The molecule has 2 aromatic heterocycles. The number of rotatable bonds is 4. The van der Waals surface area contributed by atoms with Crippen LogP contribution in [-0.2, 0) is 7.05 Å². The molecule has 1 N–H and O–H groups in total. The topological polar surface area (TPSA) is 77.0 Å². The van der Waals surface area contributed by atoms with Crippen molar-refractivity contribution in [1.82, 2.24) is 14.8 Å². The Morgan fingerprint density at radius 2 is 1.86 bits per heavy atom. The van der Waals surface area contributed by atoms with Gasteiger partial charge in [0.15, 0.2) is 0 Å². The standard InChI is InChI=1S/C21H19N3O3S/c1-11-15(19(25)17-12(2)23-24(3)21(17)26)9-10-16-18(11)22-20(28-16)13-5-7-14(27-4)8-6-13/h5-10,23H,1-4H3. The molecule has 28 heavy (non-hydrogen) atoms. The van der Waals surface area contributed by atoms with Gasteiger partial charge in [-0.15, -0.1) is 11.3 Å². The van der Waals surface area contributed by atoms with E-state index < -0.39 is 0 Å². The number of aromatic amines is 1. The zero-order chi connectivity index (χ0) is 20.0. The monoisotopic (exact) mass is 393 g/mol. The molecule has 0 bridgehead atoms. The van der Waals surface area contributed by atoms with E-state index in [0.29, 0.717) is 11.3 Å². The van der Waals surface area contributed by atoms with Gasteiger partial charge >= 0.3 is 0 Å². The summed E-state index contributed by atoms with van der Waals surface area (Å²) in [5.74, 6) is 0.509. The maximum Gasteiger partial charge on any atom is 0.277 e. The number of H-pyrrole nitrogens is 1. The van der Waals surface area contributed by atoms with Crippen molar-refractivity contribution in [1.29, 1.82) is 0 Å². The number of ether oxygens (including phenoxy) is 1. The van der Waals surface area contributed by atoms with Gasteiger partial charge in [-0.25, -0.2) is 4.98 Å². The first-order valence-electron chi connectivity index (χ1n) is 8.75. The lowest BCUT2D eigenvalue weighted by Crippen LogP contribution is -2.20. The van der Waals surface area contributed by atoms with Crippen LogP contribution in [0.2, 0.25) is 0 Å². The third-order valence-corrected chi connectivity index (χ3v) is 5.92. The Bertz CT molecular complexity index is 1260. The molecule has 0 saturated heterocycles. The van der Waals surface area contributed by atoms with Crippen LogP contribution in [0.5, 0.6) is 5.75 Å². The van der Waals surface area contributed by atoms with Gasteiger partial charge in [-0.2, -0.15) is 0 Å². The van der Waals surface area contributed by atoms with E-state index in [2.05, 4.69) is 5.10 Å². The number of methoxy groups -OCH3 is 1. The highest BCUT2D eigenvalue weighted by molar-refractivity contribution is 7.21. The highest BCUT2D eigenvalue weighted by Gasteiger charge is 2.22. The molecule has 0 aliphatic heterocycles. The zero-order valence-corrected chi connectivity index (χ0v) is 16.8. The van der Waals surface area contributed by atoms with E-state index in [4.69, 9.17) is 9.72 Å².